The van der Waals surface area contributed by atoms with E-state index in [2.05, 4.69) is 59.1 Å². The summed E-state index contributed by atoms with van der Waals surface area (Å²) in [4.78, 5) is 72.3. The molecule has 14 heteroatoms. The Balaban J connectivity index is 0.735. The van der Waals surface area contributed by atoms with Gasteiger partial charge < -0.3 is 19.9 Å². The number of fused-ring (bicyclic) bond motifs is 1. The Bertz CT molecular complexity index is 2300. The summed E-state index contributed by atoms with van der Waals surface area (Å²) in [5.74, 6) is -1.48. The average molecular weight is 818 g/mol. The zero-order chi connectivity index (χ0) is 41.6. The summed E-state index contributed by atoms with van der Waals surface area (Å²) < 4.78 is 6.38. The van der Waals surface area contributed by atoms with Crippen molar-refractivity contribution in [3.63, 3.8) is 0 Å². The van der Waals surface area contributed by atoms with Gasteiger partial charge in [-0.25, -0.2) is 0 Å². The third kappa shape index (κ3) is 6.52. The highest BCUT2D eigenvalue weighted by Gasteiger charge is 2.64. The predicted molar refractivity (Wildman–Crippen MR) is 220 cm³/mol. The van der Waals surface area contributed by atoms with Crippen LogP contribution in [0.25, 0.3) is 0 Å². The van der Waals surface area contributed by atoms with Gasteiger partial charge in [0.2, 0.25) is 11.8 Å². The van der Waals surface area contributed by atoms with Gasteiger partial charge in [-0.3, -0.25) is 39.1 Å². The van der Waals surface area contributed by atoms with E-state index in [-0.39, 0.29) is 47.1 Å². The summed E-state index contributed by atoms with van der Waals surface area (Å²) in [6, 6.07) is 19.8. The molecule has 5 aliphatic heterocycles. The first-order chi connectivity index (χ1) is 28.1. The third-order valence-corrected chi connectivity index (χ3v) is 14.1. The number of nitriles is 1. The molecule has 1 aliphatic carbocycles. The normalized spacial score (nSPS) is 25.7. The fraction of sp³-hybridized carbons (Fsp3) is 0.467. The first-order valence-electron chi connectivity index (χ1n) is 20.5. The van der Waals surface area contributed by atoms with E-state index in [0.29, 0.717) is 39.1 Å². The molecule has 306 valence electrons. The summed E-state index contributed by atoms with van der Waals surface area (Å²) in [6.07, 6.45) is 2.06. The van der Waals surface area contributed by atoms with Crippen molar-refractivity contribution in [2.45, 2.75) is 77.6 Å². The molecule has 59 heavy (non-hydrogen) atoms. The third-order valence-electron chi connectivity index (χ3n) is 13.8. The van der Waals surface area contributed by atoms with Crippen molar-refractivity contribution < 1.29 is 28.7 Å². The number of likely N-dealkylation sites (tertiary alicyclic amines) is 1. The number of hydrogen-bond acceptors (Lipinski definition) is 10. The predicted octanol–water partition coefficient (Wildman–Crippen LogP) is 5.02. The lowest BCUT2D eigenvalue weighted by Crippen LogP contribution is -2.74. The number of nitrogens with zero attached hydrogens (tertiary/aromatic N) is 5. The van der Waals surface area contributed by atoms with E-state index in [4.69, 9.17) is 16.3 Å². The van der Waals surface area contributed by atoms with Crippen LogP contribution in [0.1, 0.15) is 90.0 Å². The van der Waals surface area contributed by atoms with Gasteiger partial charge >= 0.3 is 0 Å². The molecule has 1 unspecified atom stereocenters. The SMILES string of the molecule is CC1(C)[C@H](NC(=O)c2ccc(N3CC4(C3)CN(C3CCN(c5ccc6c(c5)C(=O)N(C5CCC(=O)NC5=O)C6=O)CC3)C4)cc2)C(C)(C)[C@H]1Oc1ccc(C#N)c(Cl)c1. The Kier molecular flexibility index (Phi) is 9.32. The smallest absolute Gasteiger partial charge is 0.262 e. The zero-order valence-electron chi connectivity index (χ0n) is 33.7. The maximum atomic E-state index is 13.5. The van der Waals surface area contributed by atoms with E-state index in [9.17, 15) is 29.2 Å². The fourth-order valence-corrected chi connectivity index (χ4v) is 11.2. The summed E-state index contributed by atoms with van der Waals surface area (Å²) in [5.41, 5.74) is 3.23. The molecule has 1 saturated carbocycles. The number of halogens is 1. The molecular weight excluding hydrogens is 770 g/mol. The van der Waals surface area contributed by atoms with E-state index in [0.717, 1.165) is 68.4 Å². The maximum absolute atomic E-state index is 13.5. The highest BCUT2D eigenvalue weighted by Crippen LogP contribution is 2.56. The van der Waals surface area contributed by atoms with Gasteiger partial charge in [0.05, 0.1) is 21.7 Å². The van der Waals surface area contributed by atoms with Crippen LogP contribution in [0.3, 0.4) is 0 Å². The van der Waals surface area contributed by atoms with Crippen LogP contribution in [0.15, 0.2) is 60.7 Å². The largest absolute Gasteiger partial charge is 0.489 e. The number of anilines is 2. The van der Waals surface area contributed by atoms with E-state index < -0.39 is 29.7 Å². The minimum atomic E-state index is -0.972. The number of carbonyl (C=O) groups excluding carboxylic acids is 5. The van der Waals surface area contributed by atoms with Gasteiger partial charge in [-0.15, -0.1) is 0 Å². The molecule has 6 aliphatic rings. The first-order valence-corrected chi connectivity index (χ1v) is 20.8. The molecule has 2 N–H and O–H groups in total. The van der Waals surface area contributed by atoms with Gasteiger partial charge in [-0.1, -0.05) is 39.3 Å². The first kappa shape index (κ1) is 39.0. The van der Waals surface area contributed by atoms with Crippen molar-refractivity contribution in [1.82, 2.24) is 20.4 Å². The summed E-state index contributed by atoms with van der Waals surface area (Å²) >= 11 is 6.25. The topological polar surface area (TPSA) is 155 Å². The monoisotopic (exact) mass is 817 g/mol. The summed E-state index contributed by atoms with van der Waals surface area (Å²) in [5, 5.41) is 15.1. The Morgan fingerprint density at radius 1 is 0.831 bits per heavy atom. The second kappa shape index (κ2) is 14.1. The second-order valence-corrected chi connectivity index (χ2v) is 18.9. The van der Waals surface area contributed by atoms with Gasteiger partial charge in [-0.05, 0) is 73.9 Å². The van der Waals surface area contributed by atoms with Gasteiger partial charge in [0.1, 0.15) is 24.0 Å². The number of carbonyl (C=O) groups is 5. The molecule has 5 amide bonds. The van der Waals surface area contributed by atoms with E-state index in [1.165, 1.54) is 0 Å². The number of amides is 5. The molecule has 0 radical (unpaired) electrons. The van der Waals surface area contributed by atoms with Gasteiger partial charge in [0, 0.05) is 97.0 Å². The lowest BCUT2D eigenvalue weighted by Gasteiger charge is -2.63. The lowest BCUT2D eigenvalue weighted by molar-refractivity contribution is -0.164. The van der Waals surface area contributed by atoms with E-state index >= 15 is 0 Å². The molecule has 3 aromatic rings. The Morgan fingerprint density at radius 2 is 1.49 bits per heavy atom. The molecule has 3 aromatic carbocycles. The van der Waals surface area contributed by atoms with Crippen LogP contribution in [0, 0.1) is 27.6 Å². The molecule has 1 atom stereocenters. The van der Waals surface area contributed by atoms with Gasteiger partial charge in [0.15, 0.2) is 0 Å². The van der Waals surface area contributed by atoms with Crippen LogP contribution >= 0.6 is 11.6 Å². The van der Waals surface area contributed by atoms with Crippen molar-refractivity contribution in [2.75, 3.05) is 49.1 Å². The van der Waals surface area contributed by atoms with Gasteiger partial charge in [0.25, 0.3) is 17.7 Å². The van der Waals surface area contributed by atoms with Crippen molar-refractivity contribution in [3.05, 3.63) is 87.9 Å². The number of benzene rings is 3. The molecule has 4 saturated heterocycles. The van der Waals surface area contributed by atoms with E-state index in [1.54, 1.807) is 30.3 Å². The Hall–Kier alpha value is -5.45. The van der Waals surface area contributed by atoms with Crippen LogP contribution in [0.2, 0.25) is 5.02 Å². The minimum Gasteiger partial charge on any atom is -0.489 e. The molecular formula is C45H48ClN7O6. The number of imide groups is 2. The zero-order valence-corrected chi connectivity index (χ0v) is 34.5. The quantitative estimate of drug-likeness (QED) is 0.297. The molecule has 0 aromatic heterocycles. The highest BCUT2D eigenvalue weighted by molar-refractivity contribution is 6.31. The molecule has 1 spiro atoms. The summed E-state index contributed by atoms with van der Waals surface area (Å²) in [7, 11) is 0. The fourth-order valence-electron chi connectivity index (χ4n) is 11.0. The number of piperidine rings is 2. The molecule has 0 bridgehead atoms. The maximum Gasteiger partial charge on any atom is 0.262 e. The van der Waals surface area contributed by atoms with Crippen LogP contribution in [0.4, 0.5) is 11.4 Å². The molecule has 13 nitrogen and oxygen atoms in total. The van der Waals surface area contributed by atoms with Crippen molar-refractivity contribution >= 4 is 52.5 Å². The number of rotatable bonds is 8. The molecule has 5 heterocycles. The number of hydrogen-bond donors (Lipinski definition) is 2. The molecule has 5 fully saturated rings. The standard InChI is InChI=1S/C45H48ClN7O6/c1-43(2)41(44(3,4)42(43)59-31-11-7-27(21-47)34(46)20-31)49-37(55)26-5-8-28(9-6-26)51-22-45(23-51)24-52(25-45)29-15-17-50(18-16-29)30-10-12-32-33(19-30)40(58)53(39(32)57)35-13-14-36(54)48-38(35)56/h5-12,19-20,29,35,41-42H,13-18,22-25H2,1-4H3,(H,49,55)(H,48,54,56)/t35?,41-,42-. The Labute approximate surface area is 348 Å². The number of ether oxygens (including phenoxy) is 1. The van der Waals surface area contributed by atoms with Gasteiger partial charge in [-0.2, -0.15) is 5.26 Å². The highest BCUT2D eigenvalue weighted by atomic mass is 35.5. The lowest BCUT2D eigenvalue weighted by atomic mass is 9.49. The number of nitrogens with one attached hydrogen (secondary N) is 2. The van der Waals surface area contributed by atoms with Crippen molar-refractivity contribution in [3.8, 4) is 11.8 Å². The molecule has 9 rings (SSSR count). The van der Waals surface area contributed by atoms with E-state index in [1.807, 2.05) is 30.3 Å². The van der Waals surface area contributed by atoms with Crippen LogP contribution < -0.4 is 25.2 Å². The van der Waals surface area contributed by atoms with Crippen LogP contribution in [0.5, 0.6) is 5.75 Å². The van der Waals surface area contributed by atoms with Crippen molar-refractivity contribution in [1.29, 1.82) is 5.26 Å². The average Bonchev–Trinajstić information content (AvgIpc) is 3.43. The van der Waals surface area contributed by atoms with Crippen LogP contribution in [-0.4, -0.2) is 103 Å². The van der Waals surface area contributed by atoms with Crippen LogP contribution in [-0.2, 0) is 9.59 Å². The second-order valence-electron chi connectivity index (χ2n) is 18.5. The Morgan fingerprint density at radius 3 is 2.14 bits per heavy atom. The minimum absolute atomic E-state index is 0.0921. The summed E-state index contributed by atoms with van der Waals surface area (Å²) in [6.45, 7) is 14.2. The van der Waals surface area contributed by atoms with Crippen molar-refractivity contribution in [2.24, 2.45) is 16.2 Å².